The van der Waals surface area contributed by atoms with E-state index in [1.165, 1.54) is 12.1 Å². The Kier molecular flexibility index (Phi) is 3.29. The van der Waals surface area contributed by atoms with Gasteiger partial charge in [0.1, 0.15) is 0 Å². The van der Waals surface area contributed by atoms with Crippen LogP contribution in [0, 0.1) is 10.1 Å². The van der Waals surface area contributed by atoms with Crippen LogP contribution in [0.1, 0.15) is 36.9 Å². The number of anilines is 1. The quantitative estimate of drug-likeness (QED) is 0.675. The summed E-state index contributed by atoms with van der Waals surface area (Å²) in [5.41, 5.74) is 9.69. The van der Waals surface area contributed by atoms with Crippen LogP contribution in [-0.2, 0) is 6.42 Å². The third-order valence-corrected chi connectivity index (χ3v) is 3.94. The highest BCUT2D eigenvalue weighted by atomic mass is 16.6. The molecule has 6 nitrogen and oxygen atoms in total. The topological polar surface area (TPSA) is 94.9 Å². The van der Waals surface area contributed by atoms with Crippen molar-refractivity contribution in [2.45, 2.75) is 32.1 Å². The summed E-state index contributed by atoms with van der Waals surface area (Å²) < 4.78 is 0. The molecule has 6 heteroatoms. The Morgan fingerprint density at radius 1 is 1.29 bits per heavy atom. The number of non-ortho nitro benzene ring substituents is 1. The van der Waals surface area contributed by atoms with Gasteiger partial charge in [0.05, 0.1) is 16.3 Å². The van der Waals surface area contributed by atoms with Crippen LogP contribution in [0.5, 0.6) is 0 Å². The van der Waals surface area contributed by atoms with E-state index in [0.29, 0.717) is 5.92 Å². The van der Waals surface area contributed by atoms with E-state index < -0.39 is 4.92 Å². The fourth-order valence-corrected chi connectivity index (χ4v) is 2.87. The fraction of sp³-hybridized carbons (Fsp3) is 0.333. The van der Waals surface area contributed by atoms with Crippen LogP contribution >= 0.6 is 0 Å². The van der Waals surface area contributed by atoms with Gasteiger partial charge in [0.15, 0.2) is 0 Å². The Morgan fingerprint density at radius 2 is 2.00 bits per heavy atom. The molecule has 108 valence electrons. The van der Waals surface area contributed by atoms with Crippen molar-refractivity contribution < 1.29 is 4.92 Å². The van der Waals surface area contributed by atoms with Crippen molar-refractivity contribution in [2.75, 3.05) is 5.73 Å². The van der Waals surface area contributed by atoms with E-state index in [0.717, 1.165) is 41.8 Å². The highest BCUT2D eigenvalue weighted by Crippen LogP contribution is 2.35. The summed E-state index contributed by atoms with van der Waals surface area (Å²) in [7, 11) is 0. The van der Waals surface area contributed by atoms with Crippen LogP contribution in [-0.4, -0.2) is 14.9 Å². The molecule has 1 aliphatic rings. The Bertz CT molecular complexity index is 698. The average Bonchev–Trinajstić information content (AvgIpc) is 2.47. The minimum atomic E-state index is -0.407. The predicted molar refractivity (Wildman–Crippen MR) is 79.9 cm³/mol. The molecule has 1 atom stereocenters. The molecule has 0 amide bonds. The number of fused-ring (bicyclic) bond motifs is 1. The number of nitro groups is 1. The SMILES string of the molecule is CC1CCCc2c(-c3ccc([N+](=O)[O-])cc3)nc(N)nc21. The Morgan fingerprint density at radius 3 is 2.67 bits per heavy atom. The summed E-state index contributed by atoms with van der Waals surface area (Å²) in [6.45, 7) is 2.14. The Balaban J connectivity index is 2.11. The Labute approximate surface area is 122 Å². The summed E-state index contributed by atoms with van der Waals surface area (Å²) >= 11 is 0. The number of benzene rings is 1. The van der Waals surface area contributed by atoms with Crippen LogP contribution < -0.4 is 5.73 Å². The van der Waals surface area contributed by atoms with Crippen molar-refractivity contribution in [3.63, 3.8) is 0 Å². The lowest BCUT2D eigenvalue weighted by Crippen LogP contribution is -2.14. The molecular weight excluding hydrogens is 268 g/mol. The number of rotatable bonds is 2. The zero-order valence-corrected chi connectivity index (χ0v) is 11.7. The molecule has 0 saturated heterocycles. The van der Waals surface area contributed by atoms with Crippen LogP contribution in [0.2, 0.25) is 0 Å². The van der Waals surface area contributed by atoms with Gasteiger partial charge in [0, 0.05) is 23.3 Å². The highest BCUT2D eigenvalue weighted by molar-refractivity contribution is 5.67. The minimum Gasteiger partial charge on any atom is -0.368 e. The maximum Gasteiger partial charge on any atom is 0.269 e. The lowest BCUT2D eigenvalue weighted by molar-refractivity contribution is -0.384. The van der Waals surface area contributed by atoms with E-state index in [4.69, 9.17) is 5.73 Å². The molecule has 1 aliphatic carbocycles. The van der Waals surface area contributed by atoms with Crippen molar-refractivity contribution in [2.24, 2.45) is 0 Å². The molecular formula is C15H16N4O2. The van der Waals surface area contributed by atoms with Gasteiger partial charge in [-0.25, -0.2) is 9.97 Å². The van der Waals surface area contributed by atoms with Crippen molar-refractivity contribution in [1.29, 1.82) is 0 Å². The molecule has 0 fully saturated rings. The van der Waals surface area contributed by atoms with Gasteiger partial charge in [-0.2, -0.15) is 0 Å². The maximum atomic E-state index is 10.7. The van der Waals surface area contributed by atoms with Gasteiger partial charge in [0.2, 0.25) is 5.95 Å². The summed E-state index contributed by atoms with van der Waals surface area (Å²) in [6, 6.07) is 6.43. The predicted octanol–water partition coefficient (Wildman–Crippen LogP) is 3.07. The van der Waals surface area contributed by atoms with Crippen LogP contribution in [0.4, 0.5) is 11.6 Å². The number of nitrogens with zero attached hydrogens (tertiary/aromatic N) is 3. The molecule has 2 N–H and O–H groups in total. The van der Waals surface area contributed by atoms with Gasteiger partial charge in [-0.3, -0.25) is 10.1 Å². The molecule has 1 unspecified atom stereocenters. The van der Waals surface area contributed by atoms with E-state index in [1.807, 2.05) is 0 Å². The van der Waals surface area contributed by atoms with Crippen molar-refractivity contribution >= 4 is 11.6 Å². The second kappa shape index (κ2) is 5.12. The first-order chi connectivity index (χ1) is 10.1. The molecule has 0 bridgehead atoms. The summed E-state index contributed by atoms with van der Waals surface area (Å²) in [4.78, 5) is 19.1. The van der Waals surface area contributed by atoms with Gasteiger partial charge < -0.3 is 5.73 Å². The van der Waals surface area contributed by atoms with Crippen LogP contribution in [0.25, 0.3) is 11.3 Å². The number of nitrogen functional groups attached to an aromatic ring is 1. The van der Waals surface area contributed by atoms with Gasteiger partial charge in [-0.1, -0.05) is 6.92 Å². The summed E-state index contributed by atoms with van der Waals surface area (Å²) in [5.74, 6) is 0.631. The lowest BCUT2D eigenvalue weighted by atomic mass is 9.86. The molecule has 0 spiro atoms. The molecule has 2 aromatic rings. The monoisotopic (exact) mass is 284 g/mol. The lowest BCUT2D eigenvalue weighted by Gasteiger charge is -2.23. The van der Waals surface area contributed by atoms with Gasteiger partial charge >= 0.3 is 0 Å². The molecule has 1 aromatic heterocycles. The summed E-state index contributed by atoms with van der Waals surface area (Å²) in [5, 5.41) is 10.7. The number of hydrogen-bond acceptors (Lipinski definition) is 5. The van der Waals surface area contributed by atoms with Crippen molar-refractivity contribution in [1.82, 2.24) is 9.97 Å². The minimum absolute atomic E-state index is 0.0722. The second-order valence-electron chi connectivity index (χ2n) is 5.39. The molecule has 21 heavy (non-hydrogen) atoms. The van der Waals surface area contributed by atoms with Crippen LogP contribution in [0.15, 0.2) is 24.3 Å². The van der Waals surface area contributed by atoms with E-state index in [1.54, 1.807) is 12.1 Å². The molecule has 0 saturated carbocycles. The molecule has 0 aliphatic heterocycles. The molecule has 1 heterocycles. The maximum absolute atomic E-state index is 10.7. The first kappa shape index (κ1) is 13.5. The van der Waals surface area contributed by atoms with E-state index >= 15 is 0 Å². The number of nitrogens with two attached hydrogens (primary N) is 1. The molecule has 0 radical (unpaired) electrons. The smallest absolute Gasteiger partial charge is 0.269 e. The largest absolute Gasteiger partial charge is 0.368 e. The molecule has 3 rings (SSSR count). The van der Waals surface area contributed by atoms with Crippen LogP contribution in [0.3, 0.4) is 0 Å². The van der Waals surface area contributed by atoms with E-state index in [2.05, 4.69) is 16.9 Å². The Hall–Kier alpha value is -2.50. The summed E-state index contributed by atoms with van der Waals surface area (Å²) in [6.07, 6.45) is 3.12. The van der Waals surface area contributed by atoms with E-state index in [-0.39, 0.29) is 11.6 Å². The average molecular weight is 284 g/mol. The number of aromatic nitrogens is 2. The standard InChI is InChI=1S/C15H16N4O2/c1-9-3-2-4-12-13(9)17-15(16)18-14(12)10-5-7-11(8-6-10)19(20)21/h5-9H,2-4H2,1H3,(H2,16,17,18). The van der Waals surface area contributed by atoms with E-state index in [9.17, 15) is 10.1 Å². The first-order valence-corrected chi connectivity index (χ1v) is 6.97. The van der Waals surface area contributed by atoms with Crippen molar-refractivity contribution in [3.8, 4) is 11.3 Å². The fourth-order valence-electron chi connectivity index (χ4n) is 2.87. The normalized spacial score (nSPS) is 17.3. The van der Waals surface area contributed by atoms with Gasteiger partial charge in [0.25, 0.3) is 5.69 Å². The van der Waals surface area contributed by atoms with Crippen molar-refractivity contribution in [3.05, 3.63) is 45.6 Å². The van der Waals surface area contributed by atoms with Gasteiger partial charge in [-0.05, 0) is 37.3 Å². The second-order valence-corrected chi connectivity index (χ2v) is 5.39. The highest BCUT2D eigenvalue weighted by Gasteiger charge is 2.23. The third-order valence-electron chi connectivity index (χ3n) is 3.94. The zero-order valence-electron chi connectivity index (χ0n) is 11.7. The van der Waals surface area contributed by atoms with Gasteiger partial charge in [-0.15, -0.1) is 0 Å². The third kappa shape index (κ3) is 2.44. The number of hydrogen-bond donors (Lipinski definition) is 1. The zero-order chi connectivity index (χ0) is 15.0. The molecule has 1 aromatic carbocycles. The number of nitro benzene ring substituents is 1. The first-order valence-electron chi connectivity index (χ1n) is 6.97.